The van der Waals surface area contributed by atoms with E-state index in [4.69, 9.17) is 5.73 Å². The molecule has 0 saturated carbocycles. The average Bonchev–Trinajstić information content (AvgIpc) is 2.99. The minimum atomic E-state index is -0.114. The van der Waals surface area contributed by atoms with E-state index in [2.05, 4.69) is 30.1 Å². The lowest BCUT2D eigenvalue weighted by Crippen LogP contribution is -2.31. The first-order valence-electron chi connectivity index (χ1n) is 7.96. The zero-order valence-electron chi connectivity index (χ0n) is 13.1. The fourth-order valence-electron chi connectivity index (χ4n) is 2.93. The van der Waals surface area contributed by atoms with Gasteiger partial charge in [-0.05, 0) is 37.3 Å². The van der Waals surface area contributed by atoms with Gasteiger partial charge in [-0.25, -0.2) is 0 Å². The second kappa shape index (κ2) is 7.46. The molecule has 1 aliphatic rings. The number of hydrogen-bond donors (Lipinski definition) is 2. The third kappa shape index (κ3) is 4.21. The molecule has 21 heavy (non-hydrogen) atoms. The molecule has 1 atom stereocenters. The first-order valence-corrected chi connectivity index (χ1v) is 7.96. The standard InChI is InChI=1S/C17H27N3O/c1-13(2)11-14(12-18)17(21)19-15-7-3-4-8-16(15)20-9-5-6-10-20/h3-4,7-8,13-14H,5-6,9-12,18H2,1-2H3,(H,19,21). The van der Waals surface area contributed by atoms with Gasteiger partial charge in [0.25, 0.3) is 0 Å². The molecule has 0 bridgehead atoms. The van der Waals surface area contributed by atoms with Gasteiger partial charge in [0.1, 0.15) is 0 Å². The van der Waals surface area contributed by atoms with E-state index in [1.807, 2.05) is 18.2 Å². The predicted molar refractivity (Wildman–Crippen MR) is 88.5 cm³/mol. The number of nitrogens with zero attached hydrogens (tertiary/aromatic N) is 1. The first kappa shape index (κ1) is 15.8. The molecule has 0 spiro atoms. The summed E-state index contributed by atoms with van der Waals surface area (Å²) in [6.07, 6.45) is 3.27. The number of nitrogens with one attached hydrogen (secondary N) is 1. The Morgan fingerprint density at radius 1 is 1.29 bits per heavy atom. The SMILES string of the molecule is CC(C)CC(CN)C(=O)Nc1ccccc1N1CCCC1. The Morgan fingerprint density at radius 3 is 2.57 bits per heavy atom. The van der Waals surface area contributed by atoms with Crippen molar-refractivity contribution in [1.29, 1.82) is 0 Å². The van der Waals surface area contributed by atoms with Gasteiger partial charge >= 0.3 is 0 Å². The molecule has 1 saturated heterocycles. The van der Waals surface area contributed by atoms with E-state index in [-0.39, 0.29) is 11.8 Å². The van der Waals surface area contributed by atoms with Crippen LogP contribution >= 0.6 is 0 Å². The number of anilines is 2. The van der Waals surface area contributed by atoms with Gasteiger partial charge in [0.2, 0.25) is 5.91 Å². The lowest BCUT2D eigenvalue weighted by Gasteiger charge is -2.23. The number of hydrogen-bond acceptors (Lipinski definition) is 3. The highest BCUT2D eigenvalue weighted by Gasteiger charge is 2.21. The smallest absolute Gasteiger partial charge is 0.228 e. The van der Waals surface area contributed by atoms with Crippen molar-refractivity contribution in [3.8, 4) is 0 Å². The van der Waals surface area contributed by atoms with Gasteiger partial charge in [-0.3, -0.25) is 4.79 Å². The Morgan fingerprint density at radius 2 is 1.95 bits per heavy atom. The summed E-state index contributed by atoms with van der Waals surface area (Å²) >= 11 is 0. The van der Waals surface area contributed by atoms with Crippen LogP contribution in [-0.4, -0.2) is 25.5 Å². The van der Waals surface area contributed by atoms with Gasteiger partial charge in [0.15, 0.2) is 0 Å². The molecule has 2 rings (SSSR count). The zero-order chi connectivity index (χ0) is 15.2. The zero-order valence-corrected chi connectivity index (χ0v) is 13.1. The van der Waals surface area contributed by atoms with E-state index in [0.717, 1.165) is 30.9 Å². The quantitative estimate of drug-likeness (QED) is 0.846. The van der Waals surface area contributed by atoms with Crippen molar-refractivity contribution in [1.82, 2.24) is 0 Å². The van der Waals surface area contributed by atoms with Crippen molar-refractivity contribution in [2.75, 3.05) is 29.9 Å². The van der Waals surface area contributed by atoms with Crippen LogP contribution in [0.3, 0.4) is 0 Å². The molecule has 1 amide bonds. The van der Waals surface area contributed by atoms with E-state index in [1.54, 1.807) is 0 Å². The predicted octanol–water partition coefficient (Wildman–Crippen LogP) is 2.85. The highest BCUT2D eigenvalue weighted by molar-refractivity contribution is 5.96. The van der Waals surface area contributed by atoms with Crippen LogP contribution in [0.2, 0.25) is 0 Å². The van der Waals surface area contributed by atoms with Crippen LogP contribution in [0.15, 0.2) is 24.3 Å². The normalized spacial score (nSPS) is 16.3. The molecule has 1 fully saturated rings. The minimum absolute atomic E-state index is 0.0397. The largest absolute Gasteiger partial charge is 0.370 e. The number of para-hydroxylation sites is 2. The Balaban J connectivity index is 2.09. The summed E-state index contributed by atoms with van der Waals surface area (Å²) in [5, 5.41) is 3.08. The molecule has 0 aromatic heterocycles. The van der Waals surface area contributed by atoms with E-state index < -0.39 is 0 Å². The van der Waals surface area contributed by atoms with E-state index >= 15 is 0 Å². The van der Waals surface area contributed by atoms with Crippen LogP contribution in [-0.2, 0) is 4.79 Å². The Bertz CT molecular complexity index is 467. The van der Waals surface area contributed by atoms with E-state index in [9.17, 15) is 4.79 Å². The summed E-state index contributed by atoms with van der Waals surface area (Å²) in [6.45, 7) is 6.77. The number of carbonyl (C=O) groups is 1. The Hall–Kier alpha value is -1.55. The molecule has 4 nitrogen and oxygen atoms in total. The third-order valence-corrected chi connectivity index (χ3v) is 4.02. The summed E-state index contributed by atoms with van der Waals surface area (Å²) in [5.74, 6) is 0.396. The lowest BCUT2D eigenvalue weighted by molar-refractivity contribution is -0.120. The lowest BCUT2D eigenvalue weighted by atomic mass is 9.96. The molecule has 0 radical (unpaired) electrons. The number of amides is 1. The van der Waals surface area contributed by atoms with Crippen molar-refractivity contribution in [3.05, 3.63) is 24.3 Å². The molecule has 3 N–H and O–H groups in total. The number of rotatable bonds is 6. The third-order valence-electron chi connectivity index (χ3n) is 4.02. The summed E-state index contributed by atoms with van der Waals surface area (Å²) in [5.41, 5.74) is 7.80. The molecule has 1 aromatic rings. The minimum Gasteiger partial charge on any atom is -0.370 e. The number of carbonyl (C=O) groups excluding carboxylic acids is 1. The second-order valence-corrected chi connectivity index (χ2v) is 6.26. The number of nitrogens with two attached hydrogens (primary N) is 1. The van der Waals surface area contributed by atoms with Gasteiger partial charge in [0, 0.05) is 19.6 Å². The Labute approximate surface area is 127 Å². The summed E-state index contributed by atoms with van der Waals surface area (Å²) in [4.78, 5) is 14.8. The van der Waals surface area contributed by atoms with Gasteiger partial charge in [-0.2, -0.15) is 0 Å². The topological polar surface area (TPSA) is 58.4 Å². The van der Waals surface area contributed by atoms with Crippen molar-refractivity contribution in [2.24, 2.45) is 17.6 Å². The van der Waals surface area contributed by atoms with E-state index in [0.29, 0.717) is 12.5 Å². The highest BCUT2D eigenvalue weighted by atomic mass is 16.1. The van der Waals surface area contributed by atoms with Gasteiger partial charge in [-0.1, -0.05) is 26.0 Å². The molecule has 1 aromatic carbocycles. The van der Waals surface area contributed by atoms with Crippen molar-refractivity contribution in [3.63, 3.8) is 0 Å². The van der Waals surface area contributed by atoms with E-state index in [1.165, 1.54) is 12.8 Å². The maximum Gasteiger partial charge on any atom is 0.228 e. The summed E-state index contributed by atoms with van der Waals surface area (Å²) < 4.78 is 0. The van der Waals surface area contributed by atoms with Gasteiger partial charge in [0.05, 0.1) is 17.3 Å². The second-order valence-electron chi connectivity index (χ2n) is 6.26. The molecule has 1 aliphatic heterocycles. The van der Waals surface area contributed by atoms with Crippen LogP contribution in [0.4, 0.5) is 11.4 Å². The fraction of sp³-hybridized carbons (Fsp3) is 0.588. The molecule has 116 valence electrons. The van der Waals surface area contributed by atoms with Gasteiger partial charge < -0.3 is 16.0 Å². The maximum absolute atomic E-state index is 12.4. The van der Waals surface area contributed by atoms with Crippen molar-refractivity contribution in [2.45, 2.75) is 33.1 Å². The maximum atomic E-state index is 12.4. The van der Waals surface area contributed by atoms with Crippen molar-refractivity contribution < 1.29 is 4.79 Å². The first-order chi connectivity index (χ1) is 10.1. The monoisotopic (exact) mass is 289 g/mol. The fourth-order valence-corrected chi connectivity index (χ4v) is 2.93. The number of benzene rings is 1. The van der Waals surface area contributed by atoms with Crippen LogP contribution in [0, 0.1) is 11.8 Å². The van der Waals surface area contributed by atoms with Crippen LogP contribution in [0.25, 0.3) is 0 Å². The molecular formula is C17H27N3O. The van der Waals surface area contributed by atoms with Crippen molar-refractivity contribution >= 4 is 17.3 Å². The van der Waals surface area contributed by atoms with Crippen LogP contribution in [0.5, 0.6) is 0 Å². The molecule has 1 heterocycles. The summed E-state index contributed by atoms with van der Waals surface area (Å²) in [7, 11) is 0. The average molecular weight is 289 g/mol. The Kier molecular flexibility index (Phi) is 5.62. The van der Waals surface area contributed by atoms with Crippen LogP contribution < -0.4 is 16.0 Å². The van der Waals surface area contributed by atoms with Gasteiger partial charge in [-0.15, -0.1) is 0 Å². The molecule has 4 heteroatoms. The highest BCUT2D eigenvalue weighted by Crippen LogP contribution is 2.29. The molecule has 1 unspecified atom stereocenters. The summed E-state index contributed by atoms with van der Waals surface area (Å²) in [6, 6.07) is 8.06. The molecule has 0 aliphatic carbocycles. The molecular weight excluding hydrogens is 262 g/mol. The van der Waals surface area contributed by atoms with Crippen LogP contribution in [0.1, 0.15) is 33.1 Å².